The van der Waals surface area contributed by atoms with E-state index in [-0.39, 0.29) is 0 Å². The predicted molar refractivity (Wildman–Crippen MR) is 84.7 cm³/mol. The maximum absolute atomic E-state index is 6.46. The second kappa shape index (κ2) is 5.63. The highest BCUT2D eigenvalue weighted by Crippen LogP contribution is 2.43. The highest BCUT2D eigenvalue weighted by atomic mass is 35.5. The van der Waals surface area contributed by atoms with Crippen LogP contribution in [0.5, 0.6) is 5.75 Å². The van der Waals surface area contributed by atoms with Crippen LogP contribution >= 0.6 is 11.6 Å². The summed E-state index contributed by atoms with van der Waals surface area (Å²) >= 11 is 6.46. The lowest BCUT2D eigenvalue weighted by Gasteiger charge is -2.33. The van der Waals surface area contributed by atoms with Gasteiger partial charge in [0, 0.05) is 33.3 Å². The van der Waals surface area contributed by atoms with Crippen LogP contribution in [-0.4, -0.2) is 13.2 Å². The molecule has 2 atom stereocenters. The first-order chi connectivity index (χ1) is 9.72. The van der Waals surface area contributed by atoms with E-state index in [0.29, 0.717) is 12.0 Å². The van der Waals surface area contributed by atoms with Gasteiger partial charge in [0.05, 0.1) is 6.61 Å². The molecule has 20 heavy (non-hydrogen) atoms. The molecule has 0 radical (unpaired) electrons. The van der Waals surface area contributed by atoms with Crippen molar-refractivity contribution in [2.75, 3.05) is 13.2 Å². The van der Waals surface area contributed by atoms with E-state index in [0.717, 1.165) is 41.1 Å². The summed E-state index contributed by atoms with van der Waals surface area (Å²) in [5.41, 5.74) is 1.20. The van der Waals surface area contributed by atoms with Crippen molar-refractivity contribution < 1.29 is 4.74 Å². The fourth-order valence-electron chi connectivity index (χ4n) is 2.95. The van der Waals surface area contributed by atoms with Gasteiger partial charge in [0.2, 0.25) is 0 Å². The maximum atomic E-state index is 6.46. The van der Waals surface area contributed by atoms with Crippen molar-refractivity contribution in [2.24, 2.45) is 5.92 Å². The Morgan fingerprint density at radius 2 is 2.05 bits per heavy atom. The van der Waals surface area contributed by atoms with E-state index < -0.39 is 0 Å². The molecule has 0 aliphatic carbocycles. The Morgan fingerprint density at radius 1 is 1.30 bits per heavy atom. The maximum Gasteiger partial charge on any atom is 0.132 e. The highest BCUT2D eigenvalue weighted by Gasteiger charge is 2.29. The van der Waals surface area contributed by atoms with Crippen molar-refractivity contribution in [1.82, 2.24) is 5.32 Å². The van der Waals surface area contributed by atoms with Crippen LogP contribution in [0.3, 0.4) is 0 Å². The van der Waals surface area contributed by atoms with Gasteiger partial charge in [0.25, 0.3) is 0 Å². The molecule has 0 spiro atoms. The number of hydrogen-bond donors (Lipinski definition) is 1. The van der Waals surface area contributed by atoms with E-state index in [2.05, 4.69) is 31.3 Å². The minimum Gasteiger partial charge on any atom is -0.492 e. The minimum absolute atomic E-state index is 0.320. The standard InChI is InChI=1S/C17H20ClNO/c1-3-8-19-16-11(2)10-20-17-13-7-5-4-6-12(13)15(18)9-14(16)17/h4-7,9,11,16,19H,3,8,10H2,1-2H3. The lowest BCUT2D eigenvalue weighted by Crippen LogP contribution is -2.34. The molecule has 2 nitrogen and oxygen atoms in total. The van der Waals surface area contributed by atoms with Gasteiger partial charge < -0.3 is 10.1 Å². The third kappa shape index (κ3) is 2.27. The summed E-state index contributed by atoms with van der Waals surface area (Å²) in [5, 5.41) is 6.62. The number of nitrogens with one attached hydrogen (secondary N) is 1. The molecular formula is C17H20ClNO. The normalized spacial score (nSPS) is 21.6. The van der Waals surface area contributed by atoms with Crippen molar-refractivity contribution in [3.8, 4) is 5.75 Å². The molecule has 3 rings (SSSR count). The van der Waals surface area contributed by atoms with Crippen molar-refractivity contribution >= 4 is 22.4 Å². The molecule has 0 saturated heterocycles. The second-order valence-corrected chi connectivity index (χ2v) is 5.95. The summed E-state index contributed by atoms with van der Waals surface area (Å²) in [6.07, 6.45) is 1.13. The molecule has 1 heterocycles. The Bertz CT molecular complexity index is 626. The number of hydrogen-bond acceptors (Lipinski definition) is 2. The number of rotatable bonds is 3. The average Bonchev–Trinajstić information content (AvgIpc) is 2.47. The molecule has 106 valence electrons. The van der Waals surface area contributed by atoms with E-state index >= 15 is 0 Å². The van der Waals surface area contributed by atoms with Gasteiger partial charge in [0.15, 0.2) is 0 Å². The summed E-state index contributed by atoms with van der Waals surface area (Å²) in [6, 6.07) is 10.6. The van der Waals surface area contributed by atoms with Crippen molar-refractivity contribution in [2.45, 2.75) is 26.3 Å². The lowest BCUT2D eigenvalue weighted by atomic mass is 9.89. The molecule has 1 aliphatic heterocycles. The Balaban J connectivity index is 2.14. The molecule has 0 amide bonds. The number of benzene rings is 2. The smallest absolute Gasteiger partial charge is 0.132 e. The lowest BCUT2D eigenvalue weighted by molar-refractivity contribution is 0.191. The topological polar surface area (TPSA) is 21.3 Å². The molecule has 0 fully saturated rings. The predicted octanol–water partition coefficient (Wildman–Crippen LogP) is 4.56. The third-order valence-corrected chi connectivity index (χ3v) is 4.30. The molecule has 2 aromatic rings. The van der Waals surface area contributed by atoms with Crippen molar-refractivity contribution in [1.29, 1.82) is 0 Å². The molecule has 0 aromatic heterocycles. The summed E-state index contributed by atoms with van der Waals surface area (Å²) in [4.78, 5) is 0. The summed E-state index contributed by atoms with van der Waals surface area (Å²) in [7, 11) is 0. The highest BCUT2D eigenvalue weighted by molar-refractivity contribution is 6.36. The van der Waals surface area contributed by atoms with Gasteiger partial charge in [-0.3, -0.25) is 0 Å². The van der Waals surface area contributed by atoms with Crippen LogP contribution in [0.4, 0.5) is 0 Å². The molecule has 0 saturated carbocycles. The van der Waals surface area contributed by atoms with E-state index in [1.807, 2.05) is 18.2 Å². The fraction of sp³-hybridized carbons (Fsp3) is 0.412. The third-order valence-electron chi connectivity index (χ3n) is 3.98. The van der Waals surface area contributed by atoms with Gasteiger partial charge >= 0.3 is 0 Å². The molecule has 2 aromatic carbocycles. The van der Waals surface area contributed by atoms with Crippen LogP contribution < -0.4 is 10.1 Å². The number of fused-ring (bicyclic) bond motifs is 3. The quantitative estimate of drug-likeness (QED) is 0.894. The van der Waals surface area contributed by atoms with E-state index in [1.54, 1.807) is 0 Å². The average molecular weight is 290 g/mol. The van der Waals surface area contributed by atoms with Crippen molar-refractivity contribution in [3.05, 3.63) is 40.9 Å². The molecule has 3 heteroatoms. The van der Waals surface area contributed by atoms with Crippen LogP contribution in [0.15, 0.2) is 30.3 Å². The zero-order valence-corrected chi connectivity index (χ0v) is 12.7. The van der Waals surface area contributed by atoms with Crippen molar-refractivity contribution in [3.63, 3.8) is 0 Å². The van der Waals surface area contributed by atoms with Crippen LogP contribution in [-0.2, 0) is 0 Å². The largest absolute Gasteiger partial charge is 0.492 e. The molecule has 1 N–H and O–H groups in total. The van der Waals surface area contributed by atoms with E-state index in [9.17, 15) is 0 Å². The van der Waals surface area contributed by atoms with Gasteiger partial charge in [0.1, 0.15) is 5.75 Å². The molecule has 2 unspecified atom stereocenters. The minimum atomic E-state index is 0.320. The van der Waals surface area contributed by atoms with Crippen LogP contribution in [0.25, 0.3) is 10.8 Å². The number of ether oxygens (including phenoxy) is 1. The summed E-state index contributed by atoms with van der Waals surface area (Å²) in [5.74, 6) is 1.45. The Morgan fingerprint density at radius 3 is 2.80 bits per heavy atom. The molecule has 1 aliphatic rings. The summed E-state index contributed by atoms with van der Waals surface area (Å²) < 4.78 is 6.02. The van der Waals surface area contributed by atoms with Crippen LogP contribution in [0.1, 0.15) is 31.9 Å². The van der Waals surface area contributed by atoms with Gasteiger partial charge in [-0.15, -0.1) is 0 Å². The van der Waals surface area contributed by atoms with E-state index in [1.165, 1.54) is 5.56 Å². The summed E-state index contributed by atoms with van der Waals surface area (Å²) in [6.45, 7) is 6.17. The van der Waals surface area contributed by atoms with Gasteiger partial charge in [-0.2, -0.15) is 0 Å². The van der Waals surface area contributed by atoms with Gasteiger partial charge in [-0.05, 0) is 19.0 Å². The molecule has 0 bridgehead atoms. The first kappa shape index (κ1) is 13.7. The first-order valence-electron chi connectivity index (χ1n) is 7.29. The zero-order valence-electron chi connectivity index (χ0n) is 11.9. The number of halogens is 1. The Labute approximate surface area is 125 Å². The monoisotopic (exact) mass is 289 g/mol. The fourth-order valence-corrected chi connectivity index (χ4v) is 3.23. The molecular weight excluding hydrogens is 270 g/mol. The van der Waals surface area contributed by atoms with Gasteiger partial charge in [-0.25, -0.2) is 0 Å². The van der Waals surface area contributed by atoms with Crippen LogP contribution in [0, 0.1) is 5.92 Å². The van der Waals surface area contributed by atoms with E-state index in [4.69, 9.17) is 16.3 Å². The zero-order chi connectivity index (χ0) is 14.1. The second-order valence-electron chi connectivity index (χ2n) is 5.54. The van der Waals surface area contributed by atoms with Crippen LogP contribution in [0.2, 0.25) is 5.02 Å². The Hall–Kier alpha value is -1.25. The first-order valence-corrected chi connectivity index (χ1v) is 7.67. The van der Waals surface area contributed by atoms with Gasteiger partial charge in [-0.1, -0.05) is 49.7 Å². The Kier molecular flexibility index (Phi) is 3.86. The SMILES string of the molecule is CCCNC1c2cc(Cl)c3ccccc3c2OCC1C.